The van der Waals surface area contributed by atoms with E-state index in [9.17, 15) is 0 Å². The predicted molar refractivity (Wildman–Crippen MR) is 61.3 cm³/mol. The van der Waals surface area contributed by atoms with E-state index in [4.69, 9.17) is 16.3 Å². The zero-order valence-electron chi connectivity index (χ0n) is 8.93. The van der Waals surface area contributed by atoms with E-state index in [0.29, 0.717) is 12.5 Å². The second kappa shape index (κ2) is 4.99. The minimum Gasteiger partial charge on any atom is -0.487 e. The van der Waals surface area contributed by atoms with Crippen molar-refractivity contribution in [1.29, 1.82) is 0 Å². The van der Waals surface area contributed by atoms with Gasteiger partial charge in [-0.3, -0.25) is 4.68 Å². The third-order valence-electron chi connectivity index (χ3n) is 2.09. The SMILES string of the molecule is Cn1cc(COc2cccc(CCl)c2)nn1. The summed E-state index contributed by atoms with van der Waals surface area (Å²) in [6.07, 6.45) is 1.82. The third-order valence-corrected chi connectivity index (χ3v) is 2.40. The monoisotopic (exact) mass is 237 g/mol. The third kappa shape index (κ3) is 2.73. The summed E-state index contributed by atoms with van der Waals surface area (Å²) < 4.78 is 7.22. The van der Waals surface area contributed by atoms with Crippen molar-refractivity contribution in [2.45, 2.75) is 12.5 Å². The Morgan fingerprint density at radius 2 is 2.31 bits per heavy atom. The molecule has 0 saturated heterocycles. The van der Waals surface area contributed by atoms with Gasteiger partial charge in [0.05, 0.1) is 6.20 Å². The molecule has 0 fully saturated rings. The molecule has 4 nitrogen and oxygen atoms in total. The van der Waals surface area contributed by atoms with E-state index < -0.39 is 0 Å². The van der Waals surface area contributed by atoms with Gasteiger partial charge in [0, 0.05) is 12.9 Å². The van der Waals surface area contributed by atoms with E-state index in [0.717, 1.165) is 17.0 Å². The lowest BCUT2D eigenvalue weighted by Gasteiger charge is -2.04. The Balaban J connectivity index is 1.99. The molecule has 0 saturated carbocycles. The Labute approximate surface area is 98.8 Å². The van der Waals surface area contributed by atoms with Crippen molar-refractivity contribution in [3.8, 4) is 5.75 Å². The van der Waals surface area contributed by atoms with Crippen LogP contribution in [0.25, 0.3) is 0 Å². The topological polar surface area (TPSA) is 39.9 Å². The summed E-state index contributed by atoms with van der Waals surface area (Å²) in [6, 6.07) is 7.70. The maximum atomic E-state index is 5.74. The molecule has 1 heterocycles. The Morgan fingerprint density at radius 3 is 3.00 bits per heavy atom. The standard InChI is InChI=1S/C11H12ClN3O/c1-15-7-10(13-14-15)8-16-11-4-2-3-9(5-11)6-12/h2-5,7H,6,8H2,1H3. The molecular weight excluding hydrogens is 226 g/mol. The lowest BCUT2D eigenvalue weighted by Crippen LogP contribution is -1.96. The minimum atomic E-state index is 0.416. The zero-order valence-corrected chi connectivity index (χ0v) is 9.68. The van der Waals surface area contributed by atoms with Crippen LogP contribution in [0.1, 0.15) is 11.3 Å². The first-order chi connectivity index (χ1) is 7.78. The zero-order chi connectivity index (χ0) is 11.4. The lowest BCUT2D eigenvalue weighted by atomic mass is 10.2. The van der Waals surface area contributed by atoms with Crippen LogP contribution in [0, 0.1) is 0 Å². The molecule has 0 aliphatic carbocycles. The van der Waals surface area contributed by atoms with Crippen molar-refractivity contribution in [3.05, 3.63) is 41.7 Å². The fraction of sp³-hybridized carbons (Fsp3) is 0.273. The van der Waals surface area contributed by atoms with Crippen LogP contribution in [0.2, 0.25) is 0 Å². The average molecular weight is 238 g/mol. The van der Waals surface area contributed by atoms with Gasteiger partial charge in [-0.05, 0) is 17.7 Å². The number of hydrogen-bond donors (Lipinski definition) is 0. The van der Waals surface area contributed by atoms with Gasteiger partial charge in [0.1, 0.15) is 18.1 Å². The maximum Gasteiger partial charge on any atom is 0.134 e. The van der Waals surface area contributed by atoms with E-state index in [-0.39, 0.29) is 0 Å². The van der Waals surface area contributed by atoms with Crippen molar-refractivity contribution >= 4 is 11.6 Å². The summed E-state index contributed by atoms with van der Waals surface area (Å²) in [6.45, 7) is 0.416. The number of hydrogen-bond acceptors (Lipinski definition) is 3. The molecule has 0 spiro atoms. The fourth-order valence-corrected chi connectivity index (χ4v) is 1.50. The van der Waals surface area contributed by atoms with Crippen molar-refractivity contribution < 1.29 is 4.74 Å². The van der Waals surface area contributed by atoms with E-state index in [1.807, 2.05) is 37.5 Å². The van der Waals surface area contributed by atoms with Crippen molar-refractivity contribution in [3.63, 3.8) is 0 Å². The van der Waals surface area contributed by atoms with E-state index in [1.165, 1.54) is 0 Å². The number of benzene rings is 1. The molecule has 0 aliphatic rings. The van der Waals surface area contributed by atoms with Crippen molar-refractivity contribution in [1.82, 2.24) is 15.0 Å². The van der Waals surface area contributed by atoms with Gasteiger partial charge in [0.15, 0.2) is 0 Å². The first-order valence-electron chi connectivity index (χ1n) is 4.91. The van der Waals surface area contributed by atoms with Gasteiger partial charge < -0.3 is 4.74 Å². The first-order valence-corrected chi connectivity index (χ1v) is 5.44. The molecule has 0 bridgehead atoms. The summed E-state index contributed by atoms with van der Waals surface area (Å²) in [5.74, 6) is 1.28. The maximum absolute atomic E-state index is 5.74. The Bertz CT molecular complexity index is 470. The van der Waals surface area contributed by atoms with Gasteiger partial charge in [-0.15, -0.1) is 16.7 Å². The van der Waals surface area contributed by atoms with Gasteiger partial charge in [-0.1, -0.05) is 17.3 Å². The molecule has 84 valence electrons. The Hall–Kier alpha value is -1.55. The Kier molecular flexibility index (Phi) is 3.41. The van der Waals surface area contributed by atoms with Gasteiger partial charge >= 0.3 is 0 Å². The smallest absolute Gasteiger partial charge is 0.134 e. The number of aryl methyl sites for hydroxylation is 1. The highest BCUT2D eigenvalue weighted by Crippen LogP contribution is 2.15. The van der Waals surface area contributed by atoms with E-state index in [2.05, 4.69) is 10.3 Å². The molecule has 0 N–H and O–H groups in total. The van der Waals surface area contributed by atoms with Crippen LogP contribution in [0.15, 0.2) is 30.5 Å². The quantitative estimate of drug-likeness (QED) is 0.765. The normalized spacial score (nSPS) is 10.4. The van der Waals surface area contributed by atoms with Gasteiger partial charge in [-0.25, -0.2) is 0 Å². The molecule has 0 aliphatic heterocycles. The van der Waals surface area contributed by atoms with Crippen LogP contribution in [-0.4, -0.2) is 15.0 Å². The Morgan fingerprint density at radius 1 is 1.44 bits per heavy atom. The van der Waals surface area contributed by atoms with Crippen molar-refractivity contribution in [2.24, 2.45) is 7.05 Å². The number of nitrogens with zero attached hydrogens (tertiary/aromatic N) is 3. The number of halogens is 1. The van der Waals surface area contributed by atoms with E-state index in [1.54, 1.807) is 4.68 Å². The summed E-state index contributed by atoms with van der Waals surface area (Å²) in [7, 11) is 1.82. The average Bonchev–Trinajstić information content (AvgIpc) is 2.73. The summed E-state index contributed by atoms with van der Waals surface area (Å²) >= 11 is 5.74. The number of alkyl halides is 1. The van der Waals surface area contributed by atoms with Gasteiger partial charge in [-0.2, -0.15) is 0 Å². The van der Waals surface area contributed by atoms with Gasteiger partial charge in [0.2, 0.25) is 0 Å². The summed E-state index contributed by atoms with van der Waals surface area (Å²) in [5, 5.41) is 7.76. The molecular formula is C11H12ClN3O. The second-order valence-electron chi connectivity index (χ2n) is 3.45. The molecule has 2 rings (SSSR count). The molecule has 16 heavy (non-hydrogen) atoms. The number of rotatable bonds is 4. The largest absolute Gasteiger partial charge is 0.487 e. The van der Waals surface area contributed by atoms with Crippen LogP contribution in [0.5, 0.6) is 5.75 Å². The van der Waals surface area contributed by atoms with Crippen LogP contribution >= 0.6 is 11.6 Å². The van der Waals surface area contributed by atoms with Gasteiger partial charge in [0.25, 0.3) is 0 Å². The lowest BCUT2D eigenvalue weighted by molar-refractivity contribution is 0.301. The highest BCUT2D eigenvalue weighted by Gasteiger charge is 2.00. The second-order valence-corrected chi connectivity index (χ2v) is 3.72. The van der Waals surface area contributed by atoms with E-state index >= 15 is 0 Å². The van der Waals surface area contributed by atoms with Crippen molar-refractivity contribution in [2.75, 3.05) is 0 Å². The van der Waals surface area contributed by atoms with Crippen LogP contribution in [-0.2, 0) is 19.5 Å². The molecule has 0 amide bonds. The van der Waals surface area contributed by atoms with Crippen LogP contribution in [0.3, 0.4) is 0 Å². The fourth-order valence-electron chi connectivity index (χ4n) is 1.34. The molecule has 0 unspecified atom stereocenters. The molecule has 2 aromatic rings. The molecule has 0 radical (unpaired) electrons. The highest BCUT2D eigenvalue weighted by atomic mass is 35.5. The molecule has 0 atom stereocenters. The molecule has 1 aromatic heterocycles. The predicted octanol–water partition coefficient (Wildman–Crippen LogP) is 2.13. The summed E-state index contributed by atoms with van der Waals surface area (Å²) in [4.78, 5) is 0. The summed E-state index contributed by atoms with van der Waals surface area (Å²) in [5.41, 5.74) is 1.84. The minimum absolute atomic E-state index is 0.416. The molecule has 1 aromatic carbocycles. The first kappa shape index (κ1) is 11.0. The molecule has 5 heteroatoms. The highest BCUT2D eigenvalue weighted by molar-refractivity contribution is 6.17. The van der Waals surface area contributed by atoms with Crippen LogP contribution < -0.4 is 4.74 Å². The number of aromatic nitrogens is 3. The number of ether oxygens (including phenoxy) is 1. The van der Waals surface area contributed by atoms with Crippen LogP contribution in [0.4, 0.5) is 0 Å².